The van der Waals surface area contributed by atoms with Gasteiger partial charge in [-0.2, -0.15) is 0 Å². The van der Waals surface area contributed by atoms with Crippen molar-refractivity contribution in [1.29, 1.82) is 0 Å². The number of ketones is 4. The average molecular weight is 519 g/mol. The number of fused-ring (bicyclic) bond motifs is 2. The summed E-state index contributed by atoms with van der Waals surface area (Å²) in [4.78, 5) is 58.7. The van der Waals surface area contributed by atoms with Crippen LogP contribution in [0.5, 0.6) is 0 Å². The molecule has 6 aliphatic carbocycles. The summed E-state index contributed by atoms with van der Waals surface area (Å²) in [6, 6.07) is 33.7. The third-order valence-corrected chi connectivity index (χ3v) is 10.5. The van der Waals surface area contributed by atoms with Gasteiger partial charge in [0.05, 0.1) is 10.8 Å². The van der Waals surface area contributed by atoms with Gasteiger partial charge in [0.1, 0.15) is 0 Å². The predicted octanol–water partition coefficient (Wildman–Crippen LogP) is 6.26. The molecule has 6 aliphatic rings. The molecular weight excluding hydrogens is 496 g/mol. The van der Waals surface area contributed by atoms with E-state index < -0.39 is 28.6 Å². The van der Waals surface area contributed by atoms with Gasteiger partial charge in [0.2, 0.25) is 0 Å². The van der Waals surface area contributed by atoms with E-state index in [0.29, 0.717) is 33.4 Å². The molecule has 10 rings (SSSR count). The van der Waals surface area contributed by atoms with Crippen molar-refractivity contribution in [3.05, 3.63) is 154 Å². The molecule has 2 fully saturated rings. The first-order valence-corrected chi connectivity index (χ1v) is 13.8. The first-order valence-electron chi connectivity index (χ1n) is 13.8. The summed E-state index contributed by atoms with van der Waals surface area (Å²) < 4.78 is 0. The maximum Gasteiger partial charge on any atom is 0.191 e. The highest BCUT2D eigenvalue weighted by Gasteiger charge is 2.97. The first-order chi connectivity index (χ1) is 19.6. The SMILES string of the molecule is O=C1C2=C(C(=O)c3ccccc31)[C@@]13C(=O)c4ccccc4C(=O)[C@@]14[C@@H](c1ccccc1)[C@@H]2[C@@H](c1ccccc1)[C@@H]34. The van der Waals surface area contributed by atoms with Crippen LogP contribution < -0.4 is 0 Å². The Morgan fingerprint density at radius 2 is 0.975 bits per heavy atom. The van der Waals surface area contributed by atoms with Crippen molar-refractivity contribution in [2.45, 2.75) is 11.8 Å². The minimum absolute atomic E-state index is 0.0735. The second-order valence-electron chi connectivity index (χ2n) is 11.7. The Labute approximate surface area is 230 Å². The molecule has 0 saturated heterocycles. The first kappa shape index (κ1) is 22.2. The molecule has 4 nitrogen and oxygen atoms in total. The number of carbonyl (C=O) groups is 4. The van der Waals surface area contributed by atoms with E-state index in [9.17, 15) is 19.2 Å². The Bertz CT molecular complexity index is 1900. The molecule has 4 aromatic carbocycles. The molecule has 6 atom stereocenters. The summed E-state index contributed by atoms with van der Waals surface area (Å²) in [7, 11) is 0. The lowest BCUT2D eigenvalue weighted by molar-refractivity contribution is 0.0661. The maximum absolute atomic E-state index is 14.9. The molecule has 0 amide bonds. The molecule has 0 aromatic heterocycles. The van der Waals surface area contributed by atoms with Crippen molar-refractivity contribution >= 4 is 23.1 Å². The number of Topliss-reactive ketones (excluding diaryl/α,β-unsaturated/α-hetero) is 4. The zero-order valence-electron chi connectivity index (χ0n) is 21.3. The van der Waals surface area contributed by atoms with Gasteiger partial charge in [-0.1, -0.05) is 109 Å². The number of carbonyl (C=O) groups excluding carboxylic acids is 4. The lowest BCUT2D eigenvalue weighted by atomic mass is 9.51. The van der Waals surface area contributed by atoms with Crippen LogP contribution in [-0.4, -0.2) is 23.1 Å². The van der Waals surface area contributed by atoms with E-state index in [1.807, 2.05) is 60.7 Å². The van der Waals surface area contributed by atoms with E-state index in [1.54, 1.807) is 48.5 Å². The number of hydrogen-bond donors (Lipinski definition) is 0. The van der Waals surface area contributed by atoms with Crippen molar-refractivity contribution in [3.63, 3.8) is 0 Å². The van der Waals surface area contributed by atoms with Gasteiger partial charge in [0.15, 0.2) is 23.1 Å². The van der Waals surface area contributed by atoms with Crippen molar-refractivity contribution < 1.29 is 19.2 Å². The van der Waals surface area contributed by atoms with Crippen LogP contribution in [0, 0.1) is 22.7 Å². The van der Waals surface area contributed by atoms with Crippen LogP contribution in [0.3, 0.4) is 0 Å². The van der Waals surface area contributed by atoms with Gasteiger partial charge in [-0.05, 0) is 23.0 Å². The monoisotopic (exact) mass is 518 g/mol. The number of hydrogen-bond acceptors (Lipinski definition) is 4. The minimum atomic E-state index is -1.37. The summed E-state index contributed by atoms with van der Waals surface area (Å²) in [6.07, 6.45) is 0. The Morgan fingerprint density at radius 3 is 1.60 bits per heavy atom. The molecule has 0 aliphatic heterocycles. The summed E-state index contributed by atoms with van der Waals surface area (Å²) in [5.41, 5.74) is 1.67. The van der Waals surface area contributed by atoms with Crippen molar-refractivity contribution in [2.24, 2.45) is 22.7 Å². The van der Waals surface area contributed by atoms with E-state index in [4.69, 9.17) is 0 Å². The number of rotatable bonds is 2. The molecule has 0 heterocycles. The maximum atomic E-state index is 14.9. The standard InChI is InChI=1S/C36H22O4/c37-30-21-15-7-8-16-22(21)31(38)29-27(30)26-25(19-11-3-1-4-12-19)32-35(28(26)20-13-5-2-6-14-20)33(39)23-17-9-10-18-24(23)34(40)36(29,32)35/h1-18,25-26,28,32H/t25-,26-,28+,32-,35+,36-/m1/s1. The van der Waals surface area contributed by atoms with E-state index in [2.05, 4.69) is 0 Å². The quantitative estimate of drug-likeness (QED) is 0.314. The highest BCUT2D eigenvalue weighted by atomic mass is 16.2. The molecule has 0 unspecified atom stereocenters. The molecular formula is C36H22O4. The largest absolute Gasteiger partial charge is 0.293 e. The molecule has 4 aromatic rings. The van der Waals surface area contributed by atoms with Crippen LogP contribution in [0.1, 0.15) is 64.4 Å². The van der Waals surface area contributed by atoms with Crippen LogP contribution in [0.25, 0.3) is 0 Å². The Hall–Kier alpha value is -4.70. The van der Waals surface area contributed by atoms with Crippen LogP contribution in [0.2, 0.25) is 0 Å². The van der Waals surface area contributed by atoms with Gasteiger partial charge in [-0.25, -0.2) is 0 Å². The van der Waals surface area contributed by atoms with Crippen LogP contribution in [-0.2, 0) is 0 Å². The summed E-state index contributed by atoms with van der Waals surface area (Å²) in [5, 5.41) is 0. The van der Waals surface area contributed by atoms with Crippen LogP contribution in [0.4, 0.5) is 0 Å². The van der Waals surface area contributed by atoms with E-state index in [-0.39, 0.29) is 29.1 Å². The van der Waals surface area contributed by atoms with Gasteiger partial charge in [-0.15, -0.1) is 0 Å². The second-order valence-corrected chi connectivity index (χ2v) is 11.7. The van der Waals surface area contributed by atoms with Gasteiger partial charge in [0.25, 0.3) is 0 Å². The van der Waals surface area contributed by atoms with E-state index in [1.165, 1.54) is 0 Å². The minimum Gasteiger partial charge on any atom is -0.293 e. The van der Waals surface area contributed by atoms with Crippen molar-refractivity contribution in [1.82, 2.24) is 0 Å². The number of allylic oxidation sites excluding steroid dienone is 2. The van der Waals surface area contributed by atoms with Crippen LogP contribution >= 0.6 is 0 Å². The fourth-order valence-corrected chi connectivity index (χ4v) is 9.45. The predicted molar refractivity (Wildman–Crippen MR) is 147 cm³/mol. The van der Waals surface area contributed by atoms with Crippen molar-refractivity contribution in [3.8, 4) is 0 Å². The Morgan fingerprint density at radius 1 is 0.475 bits per heavy atom. The lowest BCUT2D eigenvalue weighted by Crippen LogP contribution is -2.51. The highest BCUT2D eigenvalue weighted by Crippen LogP contribution is 2.94. The van der Waals surface area contributed by atoms with Gasteiger partial charge in [-0.3, -0.25) is 19.2 Å². The van der Waals surface area contributed by atoms with Gasteiger partial charge < -0.3 is 0 Å². The molecule has 0 radical (unpaired) electrons. The third-order valence-electron chi connectivity index (χ3n) is 10.5. The van der Waals surface area contributed by atoms with E-state index in [0.717, 1.165) is 11.1 Å². The smallest absolute Gasteiger partial charge is 0.191 e. The Balaban J connectivity index is 1.45. The zero-order chi connectivity index (χ0) is 27.0. The lowest BCUT2D eigenvalue weighted by Gasteiger charge is -2.48. The molecule has 2 spiro atoms. The van der Waals surface area contributed by atoms with Gasteiger partial charge in [0, 0.05) is 45.2 Å². The molecule has 0 N–H and O–H groups in total. The fraction of sp³-hybridized carbons (Fsp3) is 0.167. The summed E-state index contributed by atoms with van der Waals surface area (Å²) in [6.45, 7) is 0. The summed E-state index contributed by atoms with van der Waals surface area (Å²) >= 11 is 0. The van der Waals surface area contributed by atoms with Gasteiger partial charge >= 0.3 is 0 Å². The van der Waals surface area contributed by atoms with Crippen molar-refractivity contribution in [2.75, 3.05) is 0 Å². The Kier molecular flexibility index (Phi) is 3.92. The normalized spacial score (nSPS) is 32.3. The fourth-order valence-electron chi connectivity index (χ4n) is 9.45. The molecule has 190 valence electrons. The second kappa shape index (κ2) is 7.08. The van der Waals surface area contributed by atoms with E-state index >= 15 is 0 Å². The summed E-state index contributed by atoms with van der Waals surface area (Å²) in [5.74, 6) is -2.21. The van der Waals surface area contributed by atoms with Crippen LogP contribution in [0.15, 0.2) is 120 Å². The molecule has 4 bridgehead atoms. The molecule has 2 saturated carbocycles. The number of benzene rings is 4. The molecule has 40 heavy (non-hydrogen) atoms. The highest BCUT2D eigenvalue weighted by molar-refractivity contribution is 6.36. The topological polar surface area (TPSA) is 68.3 Å². The average Bonchev–Trinajstić information content (AvgIpc) is 3.56. The molecule has 4 heteroatoms. The third kappa shape index (κ3) is 2.11. The zero-order valence-corrected chi connectivity index (χ0v) is 21.3.